The number of unbranched alkanes of at least 4 members (excludes halogenated alkanes) is 1. The summed E-state index contributed by atoms with van der Waals surface area (Å²) in [5.41, 5.74) is 1.88. The zero-order valence-electron chi connectivity index (χ0n) is 16.3. The van der Waals surface area contributed by atoms with Crippen LogP contribution < -0.4 is 0 Å². The second kappa shape index (κ2) is 11.7. The number of aliphatic hydroxyl groups excluding tert-OH is 1. The van der Waals surface area contributed by atoms with Crippen molar-refractivity contribution in [2.45, 2.75) is 36.1 Å². The van der Waals surface area contributed by atoms with Crippen LogP contribution in [0.25, 0.3) is 6.08 Å². The Morgan fingerprint density at radius 1 is 1.28 bits per heavy atom. The third-order valence-electron chi connectivity index (χ3n) is 4.48. The molecule has 29 heavy (non-hydrogen) atoms. The van der Waals surface area contributed by atoms with Gasteiger partial charge in [0.15, 0.2) is 0 Å². The van der Waals surface area contributed by atoms with Crippen molar-refractivity contribution in [2.24, 2.45) is 5.92 Å². The number of aliphatic hydroxyl groups is 1. The molecule has 0 saturated carbocycles. The Balaban J connectivity index is 1.85. The summed E-state index contributed by atoms with van der Waals surface area (Å²) in [6, 6.07) is 10.1. The number of benzene rings is 1. The fourth-order valence-electron chi connectivity index (χ4n) is 2.90. The van der Waals surface area contributed by atoms with Crippen LogP contribution in [0.2, 0.25) is 0 Å². The van der Waals surface area contributed by atoms with E-state index in [-0.39, 0.29) is 12.5 Å². The Morgan fingerprint density at radius 2 is 2.00 bits per heavy atom. The Hall–Kier alpha value is -1.46. The van der Waals surface area contributed by atoms with Crippen molar-refractivity contribution in [3.8, 4) is 0 Å². The minimum atomic E-state index is -1.65. The van der Waals surface area contributed by atoms with E-state index in [2.05, 4.69) is 6.08 Å². The molecule has 1 aromatic rings. The molecule has 2 rings (SSSR count). The van der Waals surface area contributed by atoms with Gasteiger partial charge in [-0.05, 0) is 30.9 Å². The highest BCUT2D eigenvalue weighted by Crippen LogP contribution is 2.28. The molecule has 1 aliphatic rings. The fourth-order valence-corrected chi connectivity index (χ4v) is 3.07. The second-order valence-corrected chi connectivity index (χ2v) is 9.51. The summed E-state index contributed by atoms with van der Waals surface area (Å²) in [5.74, 6) is -0.0953. The summed E-state index contributed by atoms with van der Waals surface area (Å²) >= 11 is 17.0. The Kier molecular flexibility index (Phi) is 9.57. The number of hydrogen-bond acceptors (Lipinski definition) is 3. The molecule has 0 saturated heterocycles. The van der Waals surface area contributed by atoms with Crippen molar-refractivity contribution in [1.82, 2.24) is 4.90 Å². The predicted molar refractivity (Wildman–Crippen MR) is 120 cm³/mol. The van der Waals surface area contributed by atoms with Gasteiger partial charge < -0.3 is 9.84 Å². The maximum absolute atomic E-state index is 12.4. The van der Waals surface area contributed by atoms with Gasteiger partial charge in [0.25, 0.3) is 0 Å². The maximum atomic E-state index is 12.4. The highest BCUT2D eigenvalue weighted by molar-refractivity contribution is 6.67. The SMILES string of the molecule is C[C@H]1CN(C(=O)OCC(Cl)(Cl)Cl)C(CCC/C=C\C=C\c2ccccc2)=CC1O. The molecule has 1 heterocycles. The van der Waals surface area contributed by atoms with Gasteiger partial charge >= 0.3 is 6.09 Å². The normalized spacial score (nSPS) is 20.3. The van der Waals surface area contributed by atoms with Gasteiger partial charge in [0.1, 0.15) is 6.61 Å². The van der Waals surface area contributed by atoms with Crippen molar-refractivity contribution < 1.29 is 14.6 Å². The average molecular weight is 459 g/mol. The molecule has 0 bridgehead atoms. The van der Waals surface area contributed by atoms with Crippen LogP contribution in [0.15, 0.2) is 60.3 Å². The largest absolute Gasteiger partial charge is 0.445 e. The van der Waals surface area contributed by atoms with Crippen LogP contribution in [-0.2, 0) is 4.74 Å². The molecule has 2 atom stereocenters. The highest BCUT2D eigenvalue weighted by Gasteiger charge is 2.31. The van der Waals surface area contributed by atoms with Crippen molar-refractivity contribution in [3.05, 3.63) is 65.9 Å². The first-order valence-corrected chi connectivity index (χ1v) is 10.7. The standard InChI is InChI=1S/C22H26Cl3NO3/c1-17-15-26(21(28)29-16-22(23,24)25)19(14-20(17)27)13-9-4-2-3-6-10-18-11-7-5-8-12-18/h2-3,5-8,10-12,14,17,20,27H,4,9,13,15-16H2,1H3/b3-2-,10-6+/t17-,20?/m0/s1. The molecule has 1 aromatic carbocycles. The van der Waals surface area contributed by atoms with Gasteiger partial charge in [0.2, 0.25) is 3.79 Å². The van der Waals surface area contributed by atoms with Crippen LogP contribution in [0.3, 0.4) is 0 Å². The maximum Gasteiger partial charge on any atom is 0.414 e. The molecule has 0 radical (unpaired) electrons. The summed E-state index contributed by atoms with van der Waals surface area (Å²) in [4.78, 5) is 13.9. The van der Waals surface area contributed by atoms with Gasteiger partial charge in [-0.3, -0.25) is 4.90 Å². The molecule has 0 aliphatic carbocycles. The first-order chi connectivity index (χ1) is 13.8. The Labute approximate surface area is 187 Å². The number of carbonyl (C=O) groups is 1. The predicted octanol–water partition coefficient (Wildman–Crippen LogP) is 6.13. The molecule has 1 aliphatic heterocycles. The number of rotatable bonds is 7. The van der Waals surface area contributed by atoms with Crippen LogP contribution in [0.4, 0.5) is 4.79 Å². The Morgan fingerprint density at radius 3 is 2.69 bits per heavy atom. The van der Waals surface area contributed by atoms with Gasteiger partial charge in [-0.1, -0.05) is 96.4 Å². The summed E-state index contributed by atoms with van der Waals surface area (Å²) < 4.78 is 3.45. The van der Waals surface area contributed by atoms with Crippen molar-refractivity contribution in [1.29, 1.82) is 0 Å². The quantitative estimate of drug-likeness (QED) is 0.304. The summed E-state index contributed by atoms with van der Waals surface area (Å²) in [6.07, 6.45) is 11.0. The molecule has 1 N–H and O–H groups in total. The summed E-state index contributed by atoms with van der Waals surface area (Å²) in [5, 5.41) is 10.1. The lowest BCUT2D eigenvalue weighted by Gasteiger charge is -2.34. The lowest BCUT2D eigenvalue weighted by molar-refractivity contribution is 0.0807. The van der Waals surface area contributed by atoms with Gasteiger partial charge in [-0.15, -0.1) is 0 Å². The molecule has 1 amide bonds. The average Bonchev–Trinajstić information content (AvgIpc) is 2.68. The molecule has 1 unspecified atom stereocenters. The van der Waals surface area contributed by atoms with E-state index in [4.69, 9.17) is 39.5 Å². The van der Waals surface area contributed by atoms with Gasteiger partial charge in [0, 0.05) is 18.2 Å². The molecule has 158 valence electrons. The molecule has 7 heteroatoms. The minimum absolute atomic E-state index is 0.0953. The fraction of sp³-hybridized carbons (Fsp3) is 0.409. The number of hydrogen-bond donors (Lipinski definition) is 1. The van der Waals surface area contributed by atoms with Crippen LogP contribution >= 0.6 is 34.8 Å². The van der Waals surface area contributed by atoms with Gasteiger partial charge in [-0.25, -0.2) is 4.79 Å². The number of allylic oxidation sites excluding steroid dienone is 4. The lowest BCUT2D eigenvalue weighted by atomic mass is 9.97. The first-order valence-electron chi connectivity index (χ1n) is 9.54. The zero-order chi connectivity index (χ0) is 21.3. The van der Waals surface area contributed by atoms with E-state index in [1.54, 1.807) is 6.08 Å². The van der Waals surface area contributed by atoms with E-state index in [9.17, 15) is 9.90 Å². The first kappa shape index (κ1) is 23.8. The van der Waals surface area contributed by atoms with Gasteiger partial charge in [-0.2, -0.15) is 0 Å². The molecule has 0 spiro atoms. The van der Waals surface area contributed by atoms with Crippen molar-refractivity contribution in [3.63, 3.8) is 0 Å². The second-order valence-electron chi connectivity index (χ2n) is 7.00. The van der Waals surface area contributed by atoms with E-state index in [0.29, 0.717) is 13.0 Å². The Bertz CT molecular complexity index is 741. The third kappa shape index (κ3) is 8.83. The number of alkyl halides is 3. The monoisotopic (exact) mass is 457 g/mol. The van der Waals surface area contributed by atoms with Crippen LogP contribution in [0.5, 0.6) is 0 Å². The van der Waals surface area contributed by atoms with E-state index in [1.165, 1.54) is 4.90 Å². The third-order valence-corrected chi connectivity index (χ3v) is 4.81. The minimum Gasteiger partial charge on any atom is -0.445 e. The van der Waals surface area contributed by atoms with E-state index in [1.807, 2.05) is 55.5 Å². The van der Waals surface area contributed by atoms with Crippen LogP contribution in [0.1, 0.15) is 31.7 Å². The number of halogens is 3. The lowest BCUT2D eigenvalue weighted by Crippen LogP contribution is -2.42. The topological polar surface area (TPSA) is 49.8 Å². The molecular formula is C22H26Cl3NO3. The molecular weight excluding hydrogens is 433 g/mol. The van der Waals surface area contributed by atoms with E-state index in [0.717, 1.165) is 24.1 Å². The number of nitrogens with zero attached hydrogens (tertiary/aromatic N) is 1. The van der Waals surface area contributed by atoms with Crippen molar-refractivity contribution in [2.75, 3.05) is 13.2 Å². The zero-order valence-corrected chi connectivity index (χ0v) is 18.6. The molecule has 0 aromatic heterocycles. The summed E-state index contributed by atoms with van der Waals surface area (Å²) in [7, 11) is 0. The van der Waals surface area contributed by atoms with Crippen LogP contribution in [-0.4, -0.2) is 39.1 Å². The highest BCUT2D eigenvalue weighted by atomic mass is 35.6. The van der Waals surface area contributed by atoms with Gasteiger partial charge in [0.05, 0.1) is 6.10 Å². The van der Waals surface area contributed by atoms with E-state index >= 15 is 0 Å². The van der Waals surface area contributed by atoms with E-state index < -0.39 is 16.0 Å². The number of carbonyl (C=O) groups excluding carboxylic acids is 1. The molecule has 4 nitrogen and oxygen atoms in total. The van der Waals surface area contributed by atoms with Crippen molar-refractivity contribution >= 4 is 47.0 Å². The number of ether oxygens (including phenoxy) is 1. The summed E-state index contributed by atoms with van der Waals surface area (Å²) in [6.45, 7) is 1.91. The van der Waals surface area contributed by atoms with Crippen LogP contribution in [0, 0.1) is 5.92 Å². The number of amides is 1. The molecule has 0 fully saturated rings. The smallest absolute Gasteiger partial charge is 0.414 e.